The standard InChI is InChI=1S/C9H20N2O/c1-4-7-11(9(2)12)8-5-6-10-3/h10H,4-8H2,1-3H3. The van der Waals surface area contributed by atoms with E-state index >= 15 is 0 Å². The number of carbonyl (C=O) groups excluding carboxylic acids is 1. The van der Waals surface area contributed by atoms with E-state index in [1.807, 2.05) is 11.9 Å². The summed E-state index contributed by atoms with van der Waals surface area (Å²) in [6.07, 6.45) is 2.08. The molecule has 0 rings (SSSR count). The van der Waals surface area contributed by atoms with Crippen LogP contribution < -0.4 is 5.32 Å². The highest BCUT2D eigenvalue weighted by Gasteiger charge is 2.05. The van der Waals surface area contributed by atoms with Crippen LogP contribution in [0.2, 0.25) is 0 Å². The molecular formula is C9H20N2O. The summed E-state index contributed by atoms with van der Waals surface area (Å²) in [5.41, 5.74) is 0. The molecule has 0 aliphatic rings. The number of rotatable bonds is 6. The molecule has 0 atom stereocenters. The Hall–Kier alpha value is -0.570. The average molecular weight is 172 g/mol. The smallest absolute Gasteiger partial charge is 0.219 e. The first kappa shape index (κ1) is 11.4. The molecule has 0 radical (unpaired) electrons. The topological polar surface area (TPSA) is 32.3 Å². The molecule has 0 aromatic rings. The van der Waals surface area contributed by atoms with Crippen LogP contribution >= 0.6 is 0 Å². The number of hydrogen-bond acceptors (Lipinski definition) is 2. The van der Waals surface area contributed by atoms with E-state index < -0.39 is 0 Å². The second kappa shape index (κ2) is 7.10. The van der Waals surface area contributed by atoms with E-state index in [2.05, 4.69) is 12.2 Å². The highest BCUT2D eigenvalue weighted by molar-refractivity contribution is 5.73. The summed E-state index contributed by atoms with van der Waals surface area (Å²) < 4.78 is 0. The van der Waals surface area contributed by atoms with Crippen molar-refractivity contribution in [3.05, 3.63) is 0 Å². The van der Waals surface area contributed by atoms with Gasteiger partial charge in [-0.3, -0.25) is 4.79 Å². The summed E-state index contributed by atoms with van der Waals surface area (Å²) >= 11 is 0. The van der Waals surface area contributed by atoms with Gasteiger partial charge in [0.2, 0.25) is 5.91 Å². The van der Waals surface area contributed by atoms with E-state index in [0.29, 0.717) is 0 Å². The van der Waals surface area contributed by atoms with Gasteiger partial charge in [0.05, 0.1) is 0 Å². The van der Waals surface area contributed by atoms with Crippen molar-refractivity contribution in [1.29, 1.82) is 0 Å². The fourth-order valence-corrected chi connectivity index (χ4v) is 1.14. The van der Waals surface area contributed by atoms with Gasteiger partial charge in [0, 0.05) is 20.0 Å². The lowest BCUT2D eigenvalue weighted by Gasteiger charge is -2.19. The molecule has 0 aromatic carbocycles. The van der Waals surface area contributed by atoms with Crippen LogP contribution in [-0.2, 0) is 4.79 Å². The Morgan fingerprint density at radius 1 is 1.42 bits per heavy atom. The van der Waals surface area contributed by atoms with Gasteiger partial charge in [0.15, 0.2) is 0 Å². The zero-order chi connectivity index (χ0) is 9.40. The molecule has 0 aromatic heterocycles. The molecule has 0 unspecified atom stereocenters. The average Bonchev–Trinajstić information content (AvgIpc) is 2.03. The van der Waals surface area contributed by atoms with Crippen LogP contribution in [0.15, 0.2) is 0 Å². The molecule has 3 heteroatoms. The van der Waals surface area contributed by atoms with E-state index in [1.54, 1.807) is 6.92 Å². The predicted octanol–water partition coefficient (Wildman–Crippen LogP) is 0.854. The molecule has 0 heterocycles. The van der Waals surface area contributed by atoms with Crippen molar-refractivity contribution in [2.75, 3.05) is 26.7 Å². The molecule has 12 heavy (non-hydrogen) atoms. The Bertz CT molecular complexity index is 126. The molecule has 1 N–H and O–H groups in total. The third kappa shape index (κ3) is 5.13. The molecular weight excluding hydrogens is 152 g/mol. The first-order chi connectivity index (χ1) is 5.72. The lowest BCUT2D eigenvalue weighted by Crippen LogP contribution is -2.31. The predicted molar refractivity (Wildman–Crippen MR) is 51.1 cm³/mol. The Kier molecular flexibility index (Phi) is 6.76. The quantitative estimate of drug-likeness (QED) is 0.603. The van der Waals surface area contributed by atoms with Crippen LogP contribution in [0.3, 0.4) is 0 Å². The maximum atomic E-state index is 11.0. The number of amides is 1. The van der Waals surface area contributed by atoms with Crippen LogP contribution in [0.5, 0.6) is 0 Å². The van der Waals surface area contributed by atoms with Crippen LogP contribution in [0.1, 0.15) is 26.7 Å². The number of nitrogens with one attached hydrogen (secondary N) is 1. The highest BCUT2D eigenvalue weighted by Crippen LogP contribution is 1.93. The van der Waals surface area contributed by atoms with Gasteiger partial charge >= 0.3 is 0 Å². The Labute approximate surface area is 75.1 Å². The summed E-state index contributed by atoms with van der Waals surface area (Å²) in [7, 11) is 1.93. The Balaban J connectivity index is 3.56. The number of hydrogen-bond donors (Lipinski definition) is 1. The van der Waals surface area contributed by atoms with Gasteiger partial charge in [0.25, 0.3) is 0 Å². The minimum absolute atomic E-state index is 0.188. The van der Waals surface area contributed by atoms with Gasteiger partial charge < -0.3 is 10.2 Å². The van der Waals surface area contributed by atoms with Crippen LogP contribution in [0.4, 0.5) is 0 Å². The first-order valence-electron chi connectivity index (χ1n) is 4.62. The molecule has 3 nitrogen and oxygen atoms in total. The van der Waals surface area contributed by atoms with E-state index in [-0.39, 0.29) is 5.91 Å². The summed E-state index contributed by atoms with van der Waals surface area (Å²) in [4.78, 5) is 12.9. The fourth-order valence-electron chi connectivity index (χ4n) is 1.14. The van der Waals surface area contributed by atoms with Crippen molar-refractivity contribution in [2.24, 2.45) is 0 Å². The van der Waals surface area contributed by atoms with Crippen molar-refractivity contribution in [2.45, 2.75) is 26.7 Å². The van der Waals surface area contributed by atoms with E-state index in [1.165, 1.54) is 0 Å². The maximum absolute atomic E-state index is 11.0. The lowest BCUT2D eigenvalue weighted by atomic mass is 10.3. The summed E-state index contributed by atoms with van der Waals surface area (Å²) in [5.74, 6) is 0.188. The van der Waals surface area contributed by atoms with Crippen molar-refractivity contribution < 1.29 is 4.79 Å². The van der Waals surface area contributed by atoms with Crippen LogP contribution in [-0.4, -0.2) is 37.5 Å². The molecule has 0 saturated carbocycles. The highest BCUT2D eigenvalue weighted by atomic mass is 16.2. The van der Waals surface area contributed by atoms with Gasteiger partial charge in [-0.2, -0.15) is 0 Å². The molecule has 0 spiro atoms. The van der Waals surface area contributed by atoms with Crippen molar-refractivity contribution in [3.63, 3.8) is 0 Å². The zero-order valence-corrected chi connectivity index (χ0v) is 8.39. The largest absolute Gasteiger partial charge is 0.343 e. The van der Waals surface area contributed by atoms with Crippen LogP contribution in [0, 0.1) is 0 Å². The van der Waals surface area contributed by atoms with E-state index in [9.17, 15) is 4.79 Å². The molecule has 0 bridgehead atoms. The molecule has 1 amide bonds. The van der Waals surface area contributed by atoms with Gasteiger partial charge in [-0.15, -0.1) is 0 Å². The Morgan fingerprint density at radius 3 is 2.50 bits per heavy atom. The van der Waals surface area contributed by atoms with Crippen molar-refractivity contribution in [1.82, 2.24) is 10.2 Å². The van der Waals surface area contributed by atoms with Crippen LogP contribution in [0.25, 0.3) is 0 Å². The van der Waals surface area contributed by atoms with Crippen molar-refractivity contribution >= 4 is 5.91 Å². The molecule has 0 fully saturated rings. The number of carbonyl (C=O) groups is 1. The SMILES string of the molecule is CCCN(CCCNC)C(C)=O. The van der Waals surface area contributed by atoms with Crippen molar-refractivity contribution in [3.8, 4) is 0 Å². The maximum Gasteiger partial charge on any atom is 0.219 e. The van der Waals surface area contributed by atoms with Gasteiger partial charge in [-0.25, -0.2) is 0 Å². The third-order valence-corrected chi connectivity index (χ3v) is 1.79. The molecule has 0 aliphatic heterocycles. The summed E-state index contributed by atoms with van der Waals surface area (Å²) in [6, 6.07) is 0. The van der Waals surface area contributed by atoms with E-state index in [4.69, 9.17) is 0 Å². The summed E-state index contributed by atoms with van der Waals surface area (Å²) in [6.45, 7) is 6.47. The van der Waals surface area contributed by atoms with E-state index in [0.717, 1.165) is 32.5 Å². The molecule has 0 aliphatic carbocycles. The molecule has 72 valence electrons. The minimum atomic E-state index is 0.188. The van der Waals surface area contributed by atoms with Gasteiger partial charge in [-0.1, -0.05) is 6.92 Å². The number of nitrogens with zero attached hydrogens (tertiary/aromatic N) is 1. The molecule has 0 saturated heterocycles. The normalized spacial score (nSPS) is 9.92. The minimum Gasteiger partial charge on any atom is -0.343 e. The summed E-state index contributed by atoms with van der Waals surface area (Å²) in [5, 5.41) is 3.07. The van der Waals surface area contributed by atoms with Gasteiger partial charge in [-0.05, 0) is 26.4 Å². The third-order valence-electron chi connectivity index (χ3n) is 1.79. The Morgan fingerprint density at radius 2 is 2.08 bits per heavy atom. The van der Waals surface area contributed by atoms with Gasteiger partial charge in [0.1, 0.15) is 0 Å². The first-order valence-corrected chi connectivity index (χ1v) is 4.62. The monoisotopic (exact) mass is 172 g/mol. The lowest BCUT2D eigenvalue weighted by molar-refractivity contribution is -0.128. The second-order valence-corrected chi connectivity index (χ2v) is 2.96. The zero-order valence-electron chi connectivity index (χ0n) is 8.39. The fraction of sp³-hybridized carbons (Fsp3) is 0.889. The second-order valence-electron chi connectivity index (χ2n) is 2.96.